The number of carbonyl (C=O) groups is 2. The van der Waals surface area contributed by atoms with Crippen LogP contribution < -0.4 is 10.2 Å². The molecule has 0 unspecified atom stereocenters. The van der Waals surface area contributed by atoms with E-state index in [1.807, 2.05) is 58.7 Å². The number of nitrogens with zero attached hydrogens (tertiary/aromatic N) is 6. The number of hydrogen-bond donors (Lipinski definition) is 1. The average molecular weight is 657 g/mol. The van der Waals surface area contributed by atoms with E-state index in [1.54, 1.807) is 29.1 Å². The summed E-state index contributed by atoms with van der Waals surface area (Å²) in [7, 11) is 1.90. The van der Waals surface area contributed by atoms with Gasteiger partial charge < -0.3 is 19.7 Å². The maximum Gasteiger partial charge on any atom is 0.271 e. The minimum absolute atomic E-state index is 0. The molecule has 2 aromatic carbocycles. The smallest absolute Gasteiger partial charge is 0.271 e. The predicted molar refractivity (Wildman–Crippen MR) is 176 cm³/mol. The molecule has 4 heterocycles. The van der Waals surface area contributed by atoms with Gasteiger partial charge in [-0.3, -0.25) is 9.59 Å². The molecule has 5 aromatic rings. The van der Waals surface area contributed by atoms with Crippen LogP contribution in [-0.2, 0) is 13.5 Å². The van der Waals surface area contributed by atoms with Gasteiger partial charge in [-0.25, -0.2) is 19.3 Å². The fourth-order valence-electron chi connectivity index (χ4n) is 5.41. The van der Waals surface area contributed by atoms with Crippen LogP contribution in [0.15, 0.2) is 66.4 Å². The monoisotopic (exact) mass is 655 g/mol. The van der Waals surface area contributed by atoms with E-state index in [2.05, 4.69) is 20.3 Å². The van der Waals surface area contributed by atoms with Gasteiger partial charge in [-0.1, -0.05) is 30.3 Å². The van der Waals surface area contributed by atoms with Crippen LogP contribution in [0, 0.1) is 12.7 Å². The summed E-state index contributed by atoms with van der Waals surface area (Å²) in [5.41, 5.74) is 6.02. The van der Waals surface area contributed by atoms with Crippen molar-refractivity contribution in [3.8, 4) is 11.3 Å². The molecule has 13 heteroatoms. The number of piperazine rings is 1. The minimum atomic E-state index is -0.378. The summed E-state index contributed by atoms with van der Waals surface area (Å²) in [6, 6.07) is 14.3. The highest BCUT2D eigenvalue weighted by Crippen LogP contribution is 2.34. The number of thiazole rings is 1. The van der Waals surface area contributed by atoms with Gasteiger partial charge in [0.1, 0.15) is 17.3 Å². The number of rotatable bonds is 7. The number of nitrogens with one attached hydrogen (secondary N) is 1. The lowest BCUT2D eigenvalue weighted by Crippen LogP contribution is -2.49. The first-order chi connectivity index (χ1) is 20.4. The van der Waals surface area contributed by atoms with Crippen molar-refractivity contribution in [2.45, 2.75) is 13.3 Å². The molecule has 0 bridgehead atoms. The van der Waals surface area contributed by atoms with Gasteiger partial charge in [0, 0.05) is 62.0 Å². The van der Waals surface area contributed by atoms with Crippen molar-refractivity contribution in [3.63, 3.8) is 0 Å². The summed E-state index contributed by atoms with van der Waals surface area (Å²) in [5.74, 6) is -0.128. The molecule has 2 amide bonds. The molecule has 0 radical (unpaired) electrons. The van der Waals surface area contributed by atoms with Gasteiger partial charge in [0.05, 0.1) is 34.9 Å². The fraction of sp³-hybridized carbons (Fsp3) is 0.258. The summed E-state index contributed by atoms with van der Waals surface area (Å²) in [4.78, 5) is 44.6. The molecule has 1 saturated heterocycles. The molecule has 44 heavy (non-hydrogen) atoms. The molecule has 1 aliphatic heterocycles. The largest absolute Gasteiger partial charge is 0.352 e. The second kappa shape index (κ2) is 14.1. The second-order valence-corrected chi connectivity index (χ2v) is 11.2. The van der Waals surface area contributed by atoms with Gasteiger partial charge in [-0.15, -0.1) is 36.2 Å². The first kappa shape index (κ1) is 32.8. The molecule has 1 aliphatic rings. The van der Waals surface area contributed by atoms with Crippen LogP contribution in [0.4, 0.5) is 10.2 Å². The van der Waals surface area contributed by atoms with Crippen LogP contribution >= 0.6 is 36.2 Å². The number of amides is 2. The maximum atomic E-state index is 14.3. The standard InChI is InChI=1S/C31H30FN7O2S.2ClH/c1-20-26(42-19-36-20)10-11-33-30(40)24-17-35-27(18-34-24)38-12-14-39(15-13-38)31(41)28-23-16-22(32)8-9-25(23)37(2)29(28)21-6-4-3-5-7-21;;/h3-9,16-19H,10-15H2,1-2H3,(H,33,40);2*1H. The summed E-state index contributed by atoms with van der Waals surface area (Å²) in [5, 5.41) is 3.49. The van der Waals surface area contributed by atoms with E-state index in [9.17, 15) is 14.0 Å². The molecule has 1 N–H and O–H groups in total. The number of benzene rings is 2. The van der Waals surface area contributed by atoms with Gasteiger partial charge in [-0.05, 0) is 30.7 Å². The number of carbonyl (C=O) groups excluding carboxylic acids is 2. The third-order valence-corrected chi connectivity index (χ3v) is 8.66. The van der Waals surface area contributed by atoms with Crippen LogP contribution in [0.3, 0.4) is 0 Å². The molecule has 230 valence electrons. The topological polar surface area (TPSA) is 96.3 Å². The van der Waals surface area contributed by atoms with Crippen molar-refractivity contribution in [3.05, 3.63) is 94.1 Å². The Bertz CT molecular complexity index is 1750. The molecule has 0 saturated carbocycles. The Balaban J connectivity index is 0.00000221. The summed E-state index contributed by atoms with van der Waals surface area (Å²) < 4.78 is 16.3. The lowest BCUT2D eigenvalue weighted by atomic mass is 10.0. The fourth-order valence-corrected chi connectivity index (χ4v) is 6.19. The highest BCUT2D eigenvalue weighted by molar-refractivity contribution is 7.09. The Hall–Kier alpha value is -4.06. The molecule has 9 nitrogen and oxygen atoms in total. The van der Waals surface area contributed by atoms with Crippen molar-refractivity contribution < 1.29 is 14.0 Å². The summed E-state index contributed by atoms with van der Waals surface area (Å²) >= 11 is 1.58. The number of halogens is 3. The zero-order valence-corrected chi connectivity index (χ0v) is 26.6. The van der Waals surface area contributed by atoms with Gasteiger partial charge in [-0.2, -0.15) is 0 Å². The Morgan fingerprint density at radius 1 is 0.977 bits per heavy atom. The van der Waals surface area contributed by atoms with Crippen molar-refractivity contribution >= 4 is 64.7 Å². The van der Waals surface area contributed by atoms with Crippen LogP contribution in [0.25, 0.3) is 22.2 Å². The summed E-state index contributed by atoms with van der Waals surface area (Å²) in [6.45, 7) is 4.51. The molecular weight excluding hydrogens is 624 g/mol. The number of anilines is 1. The molecule has 0 spiro atoms. The van der Waals surface area contributed by atoms with Crippen molar-refractivity contribution in [1.82, 2.24) is 29.7 Å². The Morgan fingerprint density at radius 3 is 2.39 bits per heavy atom. The zero-order valence-electron chi connectivity index (χ0n) is 24.2. The van der Waals surface area contributed by atoms with Gasteiger partial charge in [0.2, 0.25) is 0 Å². The Labute approximate surface area is 271 Å². The van der Waals surface area contributed by atoms with E-state index >= 15 is 0 Å². The quantitative estimate of drug-likeness (QED) is 0.255. The van der Waals surface area contributed by atoms with Crippen molar-refractivity contribution in [1.29, 1.82) is 0 Å². The zero-order chi connectivity index (χ0) is 29.2. The number of fused-ring (bicyclic) bond motifs is 1. The molecule has 0 atom stereocenters. The van der Waals surface area contributed by atoms with Crippen LogP contribution in [-0.4, -0.2) is 69.0 Å². The first-order valence-corrected chi connectivity index (χ1v) is 14.7. The minimum Gasteiger partial charge on any atom is -0.352 e. The molecule has 1 fully saturated rings. The molecular formula is C31H32Cl2FN7O2S. The van der Waals surface area contributed by atoms with E-state index in [0.717, 1.165) is 33.8 Å². The number of hydrogen-bond acceptors (Lipinski definition) is 7. The van der Waals surface area contributed by atoms with E-state index in [1.165, 1.54) is 18.3 Å². The van der Waals surface area contributed by atoms with E-state index < -0.39 is 0 Å². The SMILES string of the molecule is Cc1ncsc1CCNC(=O)c1cnc(N2CCN(C(=O)c3c(-c4ccccc4)n(C)c4ccc(F)cc34)CC2)cn1.Cl.Cl. The Morgan fingerprint density at radius 2 is 1.73 bits per heavy atom. The highest BCUT2D eigenvalue weighted by atomic mass is 35.5. The summed E-state index contributed by atoms with van der Waals surface area (Å²) in [6.07, 6.45) is 3.80. The highest BCUT2D eigenvalue weighted by Gasteiger charge is 2.29. The lowest BCUT2D eigenvalue weighted by molar-refractivity contribution is 0.0748. The Kier molecular flexibility index (Phi) is 10.6. The normalized spacial score (nSPS) is 12.9. The van der Waals surface area contributed by atoms with E-state index in [0.29, 0.717) is 49.5 Å². The van der Waals surface area contributed by atoms with Crippen LogP contribution in [0.1, 0.15) is 31.4 Å². The van der Waals surface area contributed by atoms with E-state index in [4.69, 9.17) is 0 Å². The molecule has 0 aliphatic carbocycles. The second-order valence-electron chi connectivity index (χ2n) is 10.2. The van der Waals surface area contributed by atoms with Gasteiger partial charge >= 0.3 is 0 Å². The molecule has 6 rings (SSSR count). The number of aryl methyl sites for hydroxylation is 2. The van der Waals surface area contributed by atoms with Gasteiger partial charge in [0.15, 0.2) is 0 Å². The average Bonchev–Trinajstić information content (AvgIpc) is 3.56. The number of aromatic nitrogens is 4. The third-order valence-electron chi connectivity index (χ3n) is 7.67. The van der Waals surface area contributed by atoms with Crippen molar-refractivity contribution in [2.75, 3.05) is 37.6 Å². The van der Waals surface area contributed by atoms with E-state index in [-0.39, 0.29) is 48.1 Å². The van der Waals surface area contributed by atoms with Crippen LogP contribution in [0.2, 0.25) is 0 Å². The third kappa shape index (κ3) is 6.54. The predicted octanol–water partition coefficient (Wildman–Crippen LogP) is 5.32. The lowest BCUT2D eigenvalue weighted by Gasteiger charge is -2.35. The van der Waals surface area contributed by atoms with Crippen LogP contribution in [0.5, 0.6) is 0 Å². The van der Waals surface area contributed by atoms with Gasteiger partial charge in [0.25, 0.3) is 11.8 Å². The molecule has 3 aromatic heterocycles. The first-order valence-electron chi connectivity index (χ1n) is 13.8. The van der Waals surface area contributed by atoms with Crippen molar-refractivity contribution in [2.24, 2.45) is 7.05 Å². The maximum absolute atomic E-state index is 14.3.